The number of aromatic amines is 2. The van der Waals surface area contributed by atoms with Gasteiger partial charge in [-0.25, -0.2) is 4.79 Å². The molecule has 0 spiro atoms. The van der Waals surface area contributed by atoms with Gasteiger partial charge in [0.2, 0.25) is 0 Å². The standard InChI is InChI=1S/C14H9BrN4O2S/c15-7-3-1-6(2-4-7)9-8(5-16)11(17)22-13-10(9)12(20)18-14(21)19-13/h1-4,9H,17H2,(H2,18,19,20,21)/t9-/m1/s1. The van der Waals surface area contributed by atoms with Gasteiger partial charge in [0, 0.05) is 4.47 Å². The van der Waals surface area contributed by atoms with Crippen molar-refractivity contribution >= 4 is 27.7 Å². The first-order valence-corrected chi connectivity index (χ1v) is 7.81. The van der Waals surface area contributed by atoms with Gasteiger partial charge in [-0.05, 0) is 17.7 Å². The van der Waals surface area contributed by atoms with Crippen molar-refractivity contribution < 1.29 is 0 Å². The van der Waals surface area contributed by atoms with E-state index in [0.29, 0.717) is 16.2 Å². The number of benzene rings is 1. The number of nitriles is 1. The molecule has 2 aromatic rings. The Hall–Kier alpha value is -2.24. The van der Waals surface area contributed by atoms with Gasteiger partial charge in [-0.1, -0.05) is 39.8 Å². The van der Waals surface area contributed by atoms with Crippen molar-refractivity contribution in [3.63, 3.8) is 0 Å². The highest BCUT2D eigenvalue weighted by Gasteiger charge is 2.32. The van der Waals surface area contributed by atoms with E-state index in [-0.39, 0.29) is 5.03 Å². The highest BCUT2D eigenvalue weighted by molar-refractivity contribution is 9.10. The van der Waals surface area contributed by atoms with Crippen molar-refractivity contribution in [2.24, 2.45) is 5.73 Å². The van der Waals surface area contributed by atoms with Crippen molar-refractivity contribution in [2.45, 2.75) is 10.9 Å². The average molecular weight is 377 g/mol. The summed E-state index contributed by atoms with van der Waals surface area (Å²) in [6, 6.07) is 9.34. The van der Waals surface area contributed by atoms with Gasteiger partial charge < -0.3 is 10.7 Å². The van der Waals surface area contributed by atoms with Crippen LogP contribution in [-0.4, -0.2) is 9.97 Å². The van der Waals surface area contributed by atoms with E-state index in [1.54, 1.807) is 0 Å². The molecule has 8 heteroatoms. The third kappa shape index (κ3) is 2.38. The summed E-state index contributed by atoms with van der Waals surface area (Å²) in [5, 5.41) is 10.1. The van der Waals surface area contributed by atoms with Crippen LogP contribution in [0.1, 0.15) is 17.0 Å². The second kappa shape index (κ2) is 5.51. The normalized spacial score (nSPS) is 17.0. The van der Waals surface area contributed by atoms with Crippen molar-refractivity contribution in [1.29, 1.82) is 5.26 Å². The van der Waals surface area contributed by atoms with Crippen LogP contribution in [0.4, 0.5) is 0 Å². The van der Waals surface area contributed by atoms with Gasteiger partial charge >= 0.3 is 5.69 Å². The van der Waals surface area contributed by atoms with E-state index < -0.39 is 17.2 Å². The topological polar surface area (TPSA) is 116 Å². The van der Waals surface area contributed by atoms with E-state index in [4.69, 9.17) is 5.73 Å². The van der Waals surface area contributed by atoms with E-state index in [0.717, 1.165) is 21.8 Å². The number of nitrogens with two attached hydrogens (primary N) is 1. The van der Waals surface area contributed by atoms with Crippen molar-refractivity contribution in [1.82, 2.24) is 9.97 Å². The molecule has 0 saturated heterocycles. The van der Waals surface area contributed by atoms with Crippen LogP contribution in [0.15, 0.2) is 54.0 Å². The molecule has 110 valence electrons. The highest BCUT2D eigenvalue weighted by atomic mass is 79.9. The molecule has 1 aliphatic rings. The lowest BCUT2D eigenvalue weighted by molar-refractivity contribution is 0.820. The molecule has 2 heterocycles. The summed E-state index contributed by atoms with van der Waals surface area (Å²) in [6.45, 7) is 0. The fourth-order valence-corrected chi connectivity index (χ4v) is 3.60. The lowest BCUT2D eigenvalue weighted by Gasteiger charge is -2.24. The maximum Gasteiger partial charge on any atom is 0.326 e. The molecule has 4 N–H and O–H groups in total. The number of hydrogen-bond acceptors (Lipinski definition) is 5. The largest absolute Gasteiger partial charge is 0.392 e. The molecule has 0 aliphatic carbocycles. The number of rotatable bonds is 1. The molecular weight excluding hydrogens is 368 g/mol. The molecular formula is C14H9BrN4O2S. The lowest BCUT2D eigenvalue weighted by atomic mass is 9.86. The van der Waals surface area contributed by atoms with Crippen molar-refractivity contribution in [3.05, 3.63) is 71.3 Å². The molecule has 1 aromatic heterocycles. The molecule has 0 saturated carbocycles. The first-order chi connectivity index (χ1) is 10.5. The quantitative estimate of drug-likeness (QED) is 0.655. The number of thioether (sulfide) groups is 1. The van der Waals surface area contributed by atoms with Gasteiger partial charge in [0.15, 0.2) is 0 Å². The monoisotopic (exact) mass is 376 g/mol. The van der Waals surface area contributed by atoms with Crippen LogP contribution in [0, 0.1) is 11.3 Å². The molecule has 0 bridgehead atoms. The molecule has 1 aliphatic heterocycles. The Morgan fingerprint density at radius 3 is 2.55 bits per heavy atom. The van der Waals surface area contributed by atoms with Crippen LogP contribution in [-0.2, 0) is 0 Å². The Balaban J connectivity index is 2.32. The summed E-state index contributed by atoms with van der Waals surface area (Å²) in [6.07, 6.45) is 0. The average Bonchev–Trinajstić information content (AvgIpc) is 2.46. The van der Waals surface area contributed by atoms with Crippen LogP contribution >= 0.6 is 27.7 Å². The zero-order chi connectivity index (χ0) is 15.9. The Kier molecular flexibility index (Phi) is 3.68. The summed E-state index contributed by atoms with van der Waals surface area (Å²) >= 11 is 4.37. The Morgan fingerprint density at radius 2 is 1.91 bits per heavy atom. The maximum atomic E-state index is 12.2. The van der Waals surface area contributed by atoms with E-state index in [1.807, 2.05) is 24.3 Å². The zero-order valence-corrected chi connectivity index (χ0v) is 13.4. The van der Waals surface area contributed by atoms with Gasteiger partial charge in [0.25, 0.3) is 5.56 Å². The molecule has 22 heavy (non-hydrogen) atoms. The summed E-state index contributed by atoms with van der Waals surface area (Å²) in [5.41, 5.74) is 6.21. The minimum atomic E-state index is -0.602. The van der Waals surface area contributed by atoms with Crippen LogP contribution < -0.4 is 17.0 Å². The number of nitrogens with zero attached hydrogens (tertiary/aromatic N) is 1. The van der Waals surface area contributed by atoms with Gasteiger partial charge in [-0.3, -0.25) is 9.78 Å². The van der Waals surface area contributed by atoms with Gasteiger partial charge in [0.1, 0.15) is 0 Å². The third-order valence-electron chi connectivity index (χ3n) is 3.32. The van der Waals surface area contributed by atoms with E-state index >= 15 is 0 Å². The molecule has 6 nitrogen and oxygen atoms in total. The van der Waals surface area contributed by atoms with Crippen molar-refractivity contribution in [3.8, 4) is 6.07 Å². The Labute approximate surface area is 137 Å². The predicted octanol–water partition coefficient (Wildman–Crippen LogP) is 1.76. The minimum Gasteiger partial charge on any atom is -0.392 e. The van der Waals surface area contributed by atoms with Crippen LogP contribution in [0.25, 0.3) is 0 Å². The number of allylic oxidation sites excluding steroid dienone is 1. The van der Waals surface area contributed by atoms with E-state index in [2.05, 4.69) is 32.0 Å². The van der Waals surface area contributed by atoms with Crippen LogP contribution in [0.3, 0.4) is 0 Å². The number of fused-ring (bicyclic) bond motifs is 1. The number of H-pyrrole nitrogens is 2. The zero-order valence-electron chi connectivity index (χ0n) is 11.0. The molecule has 0 radical (unpaired) electrons. The maximum absolute atomic E-state index is 12.2. The van der Waals surface area contributed by atoms with E-state index in [1.165, 1.54) is 0 Å². The minimum absolute atomic E-state index is 0.282. The molecule has 3 rings (SSSR count). The van der Waals surface area contributed by atoms with Gasteiger partial charge in [-0.15, -0.1) is 0 Å². The van der Waals surface area contributed by atoms with Crippen LogP contribution in [0.5, 0.6) is 0 Å². The van der Waals surface area contributed by atoms with Gasteiger partial charge in [0.05, 0.1) is 33.2 Å². The smallest absolute Gasteiger partial charge is 0.326 e. The lowest BCUT2D eigenvalue weighted by Crippen LogP contribution is -2.31. The molecule has 0 fully saturated rings. The summed E-state index contributed by atoms with van der Waals surface area (Å²) < 4.78 is 0.882. The van der Waals surface area contributed by atoms with Gasteiger partial charge in [-0.2, -0.15) is 5.26 Å². The number of halogens is 1. The molecule has 1 atom stereocenters. The summed E-state index contributed by atoms with van der Waals surface area (Å²) in [4.78, 5) is 28.5. The molecule has 0 unspecified atom stereocenters. The Morgan fingerprint density at radius 1 is 1.23 bits per heavy atom. The number of hydrogen-bond donors (Lipinski definition) is 3. The van der Waals surface area contributed by atoms with E-state index in [9.17, 15) is 14.9 Å². The second-order valence-electron chi connectivity index (χ2n) is 4.63. The highest BCUT2D eigenvalue weighted by Crippen LogP contribution is 2.42. The number of nitrogens with one attached hydrogen (secondary N) is 2. The fraction of sp³-hybridized carbons (Fsp3) is 0.0714. The first kappa shape index (κ1) is 14.7. The second-order valence-corrected chi connectivity index (χ2v) is 6.60. The Bertz CT molecular complexity index is 937. The van der Waals surface area contributed by atoms with Crippen molar-refractivity contribution in [2.75, 3.05) is 0 Å². The molecule has 0 amide bonds. The number of aromatic nitrogens is 2. The predicted molar refractivity (Wildman–Crippen MR) is 86.4 cm³/mol. The third-order valence-corrected chi connectivity index (χ3v) is 4.82. The first-order valence-electron chi connectivity index (χ1n) is 6.21. The summed E-state index contributed by atoms with van der Waals surface area (Å²) in [5.74, 6) is -0.602. The van der Waals surface area contributed by atoms with Crippen LogP contribution in [0.2, 0.25) is 0 Å². The fourth-order valence-electron chi connectivity index (χ4n) is 2.38. The molecule has 1 aromatic carbocycles. The SMILES string of the molecule is N#CC1=C(N)Sc2[nH]c(=O)[nH]c(=O)c2[C@@H]1c1ccc(Br)cc1. The summed E-state index contributed by atoms with van der Waals surface area (Å²) in [7, 11) is 0.